The highest BCUT2D eigenvalue weighted by Gasteiger charge is 2.11. The molecular weight excluding hydrogens is 363 g/mol. The summed E-state index contributed by atoms with van der Waals surface area (Å²) in [7, 11) is 1.71. The third-order valence-corrected chi connectivity index (χ3v) is 3.97. The van der Waals surface area contributed by atoms with Gasteiger partial charge in [0.05, 0.1) is 5.56 Å². The van der Waals surface area contributed by atoms with Crippen molar-refractivity contribution in [2.24, 2.45) is 0 Å². The maximum atomic E-state index is 13.1. The Morgan fingerprint density at radius 1 is 1.22 bits per heavy atom. The van der Waals surface area contributed by atoms with Gasteiger partial charge in [-0.2, -0.15) is 0 Å². The zero-order chi connectivity index (χ0) is 17.0. The summed E-state index contributed by atoms with van der Waals surface area (Å²) >= 11 is 3.18. The third-order valence-electron chi connectivity index (χ3n) is 3.32. The summed E-state index contributed by atoms with van der Waals surface area (Å²) in [4.78, 5) is 25.1. The molecule has 0 radical (unpaired) electrons. The Kier molecular flexibility index (Phi) is 5.50. The predicted octanol–water partition coefficient (Wildman–Crippen LogP) is 3.82. The maximum absolute atomic E-state index is 13.1. The van der Waals surface area contributed by atoms with E-state index in [9.17, 15) is 14.0 Å². The van der Waals surface area contributed by atoms with Gasteiger partial charge in [0.15, 0.2) is 0 Å². The number of nitrogens with one attached hydrogen (secondary N) is 1. The van der Waals surface area contributed by atoms with E-state index in [0.717, 1.165) is 5.56 Å². The van der Waals surface area contributed by atoms with Crippen LogP contribution < -0.4 is 5.32 Å². The Labute approximate surface area is 142 Å². The predicted molar refractivity (Wildman–Crippen MR) is 90.6 cm³/mol. The molecular formula is C17H16BrFN2O2. The molecule has 2 aromatic carbocycles. The monoisotopic (exact) mass is 378 g/mol. The van der Waals surface area contributed by atoms with Crippen molar-refractivity contribution in [3.05, 3.63) is 63.9 Å². The first-order valence-electron chi connectivity index (χ1n) is 6.94. The number of halogens is 2. The van der Waals surface area contributed by atoms with E-state index in [1.807, 2.05) is 6.07 Å². The van der Waals surface area contributed by atoms with Crippen molar-refractivity contribution in [2.45, 2.75) is 13.5 Å². The fourth-order valence-corrected chi connectivity index (χ4v) is 2.54. The third kappa shape index (κ3) is 4.63. The molecule has 0 aliphatic rings. The van der Waals surface area contributed by atoms with Crippen LogP contribution >= 0.6 is 15.9 Å². The Morgan fingerprint density at radius 3 is 2.61 bits per heavy atom. The second-order valence-corrected chi connectivity index (χ2v) is 6.01. The second kappa shape index (κ2) is 7.37. The molecule has 1 N–H and O–H groups in total. The topological polar surface area (TPSA) is 49.4 Å². The number of carbonyl (C=O) groups is 2. The van der Waals surface area contributed by atoms with Crippen LogP contribution in [0, 0.1) is 5.82 Å². The standard InChI is InChI=1S/C17H16BrFN2O2/c1-11(22)21(2)10-12-4-3-5-14(8-12)20-17(23)15-7-6-13(19)9-16(15)18/h3-9H,10H2,1-2H3,(H,20,23). The van der Waals surface area contributed by atoms with Crippen molar-refractivity contribution in [3.63, 3.8) is 0 Å². The maximum Gasteiger partial charge on any atom is 0.256 e. The first-order chi connectivity index (χ1) is 10.9. The molecule has 120 valence electrons. The minimum atomic E-state index is -0.414. The van der Waals surface area contributed by atoms with Crippen molar-refractivity contribution in [3.8, 4) is 0 Å². The minimum Gasteiger partial charge on any atom is -0.342 e. The molecule has 0 aliphatic heterocycles. The van der Waals surface area contributed by atoms with Crippen molar-refractivity contribution in [2.75, 3.05) is 12.4 Å². The van der Waals surface area contributed by atoms with Gasteiger partial charge in [-0.05, 0) is 51.8 Å². The first kappa shape index (κ1) is 17.1. The molecule has 0 aliphatic carbocycles. The van der Waals surface area contributed by atoms with Crippen LogP contribution in [0.1, 0.15) is 22.8 Å². The Bertz CT molecular complexity index is 749. The molecule has 0 fully saturated rings. The highest BCUT2D eigenvalue weighted by atomic mass is 79.9. The molecule has 2 aromatic rings. The van der Waals surface area contributed by atoms with Crippen LogP contribution in [0.4, 0.5) is 10.1 Å². The van der Waals surface area contributed by atoms with E-state index in [1.54, 1.807) is 30.1 Å². The zero-order valence-corrected chi connectivity index (χ0v) is 14.4. The number of rotatable bonds is 4. The largest absolute Gasteiger partial charge is 0.342 e. The lowest BCUT2D eigenvalue weighted by molar-refractivity contribution is -0.128. The van der Waals surface area contributed by atoms with Crippen molar-refractivity contribution in [1.82, 2.24) is 4.90 Å². The smallest absolute Gasteiger partial charge is 0.256 e. The van der Waals surface area contributed by atoms with Gasteiger partial charge < -0.3 is 10.2 Å². The summed E-state index contributed by atoms with van der Waals surface area (Å²) in [6.07, 6.45) is 0. The van der Waals surface area contributed by atoms with Crippen molar-refractivity contribution >= 4 is 33.4 Å². The molecule has 2 amide bonds. The normalized spacial score (nSPS) is 10.3. The Morgan fingerprint density at radius 2 is 1.96 bits per heavy atom. The van der Waals surface area contributed by atoms with Gasteiger partial charge in [0.25, 0.3) is 5.91 Å². The quantitative estimate of drug-likeness (QED) is 0.878. The van der Waals surface area contributed by atoms with Crippen molar-refractivity contribution in [1.29, 1.82) is 0 Å². The molecule has 0 heterocycles. The fraction of sp³-hybridized carbons (Fsp3) is 0.176. The average Bonchev–Trinajstić information content (AvgIpc) is 2.47. The summed E-state index contributed by atoms with van der Waals surface area (Å²) in [6, 6.07) is 11.1. The molecule has 0 unspecified atom stereocenters. The van der Waals surface area contributed by atoms with Gasteiger partial charge in [-0.15, -0.1) is 0 Å². The molecule has 2 rings (SSSR count). The molecule has 0 atom stereocenters. The van der Waals surface area contributed by atoms with E-state index >= 15 is 0 Å². The van der Waals surface area contributed by atoms with Gasteiger partial charge in [0.2, 0.25) is 5.91 Å². The minimum absolute atomic E-state index is 0.0327. The van der Waals surface area contributed by atoms with Crippen molar-refractivity contribution < 1.29 is 14.0 Å². The van der Waals surface area contributed by atoms with Gasteiger partial charge in [0, 0.05) is 30.7 Å². The lowest BCUT2D eigenvalue weighted by Gasteiger charge is -2.15. The number of carbonyl (C=O) groups excluding carboxylic acids is 2. The molecule has 0 aromatic heterocycles. The summed E-state index contributed by atoms with van der Waals surface area (Å²) in [5.41, 5.74) is 1.86. The highest BCUT2D eigenvalue weighted by molar-refractivity contribution is 9.10. The Balaban J connectivity index is 2.13. The van der Waals surface area contributed by atoms with Crippen LogP contribution in [0.15, 0.2) is 46.9 Å². The summed E-state index contributed by atoms with van der Waals surface area (Å²) < 4.78 is 13.5. The number of amides is 2. The number of anilines is 1. The van der Waals surface area contributed by atoms with Crippen LogP contribution in [-0.2, 0) is 11.3 Å². The lowest BCUT2D eigenvalue weighted by Crippen LogP contribution is -2.23. The summed E-state index contributed by atoms with van der Waals surface area (Å²) in [5, 5.41) is 2.77. The van der Waals surface area contributed by atoms with Crippen LogP contribution in [-0.4, -0.2) is 23.8 Å². The number of hydrogen-bond donors (Lipinski definition) is 1. The highest BCUT2D eigenvalue weighted by Crippen LogP contribution is 2.20. The molecule has 6 heteroatoms. The molecule has 0 spiro atoms. The summed E-state index contributed by atoms with van der Waals surface area (Å²) in [6.45, 7) is 1.96. The van der Waals surface area contributed by atoms with Gasteiger partial charge in [-0.1, -0.05) is 12.1 Å². The van der Waals surface area contributed by atoms with Crippen LogP contribution in [0.5, 0.6) is 0 Å². The van der Waals surface area contributed by atoms with Crippen LogP contribution in [0.3, 0.4) is 0 Å². The van der Waals surface area contributed by atoms with E-state index in [1.165, 1.54) is 25.1 Å². The molecule has 0 saturated carbocycles. The van der Waals surface area contributed by atoms with E-state index < -0.39 is 5.82 Å². The van der Waals surface area contributed by atoms with E-state index in [2.05, 4.69) is 21.2 Å². The van der Waals surface area contributed by atoms with Gasteiger partial charge >= 0.3 is 0 Å². The molecule has 23 heavy (non-hydrogen) atoms. The molecule has 0 bridgehead atoms. The first-order valence-corrected chi connectivity index (χ1v) is 7.73. The van der Waals surface area contributed by atoms with Gasteiger partial charge in [-0.25, -0.2) is 4.39 Å². The number of hydrogen-bond acceptors (Lipinski definition) is 2. The fourth-order valence-electron chi connectivity index (χ4n) is 2.00. The van der Waals surface area contributed by atoms with Crippen LogP contribution in [0.25, 0.3) is 0 Å². The van der Waals surface area contributed by atoms with Gasteiger partial charge in [-0.3, -0.25) is 9.59 Å². The number of benzene rings is 2. The van der Waals surface area contributed by atoms with Crippen LogP contribution in [0.2, 0.25) is 0 Å². The molecule has 4 nitrogen and oxygen atoms in total. The summed E-state index contributed by atoms with van der Waals surface area (Å²) in [5.74, 6) is -0.786. The second-order valence-electron chi connectivity index (χ2n) is 5.15. The Hall–Kier alpha value is -2.21. The zero-order valence-electron chi connectivity index (χ0n) is 12.8. The SMILES string of the molecule is CC(=O)N(C)Cc1cccc(NC(=O)c2ccc(F)cc2Br)c1. The average molecular weight is 379 g/mol. The van der Waals surface area contributed by atoms with E-state index in [0.29, 0.717) is 22.3 Å². The van der Waals surface area contributed by atoms with Gasteiger partial charge in [0.1, 0.15) is 5.82 Å². The lowest BCUT2D eigenvalue weighted by atomic mass is 10.1. The van der Waals surface area contributed by atoms with E-state index in [-0.39, 0.29) is 11.8 Å². The molecule has 0 saturated heterocycles. The van der Waals surface area contributed by atoms with E-state index in [4.69, 9.17) is 0 Å². The number of nitrogens with zero attached hydrogens (tertiary/aromatic N) is 1.